The Balaban J connectivity index is 2.42. The maximum atomic E-state index is 11.1. The molecule has 1 rings (SSSR count). The van der Waals surface area contributed by atoms with E-state index < -0.39 is 0 Å². The van der Waals surface area contributed by atoms with E-state index >= 15 is 0 Å². The van der Waals surface area contributed by atoms with Crippen LogP contribution in [0.2, 0.25) is 0 Å². The van der Waals surface area contributed by atoms with Gasteiger partial charge in [0.1, 0.15) is 5.78 Å². The summed E-state index contributed by atoms with van der Waals surface area (Å²) >= 11 is 5.19. The van der Waals surface area contributed by atoms with E-state index in [9.17, 15) is 9.59 Å². The third-order valence-corrected chi connectivity index (χ3v) is 2.24. The lowest BCUT2D eigenvalue weighted by molar-refractivity contribution is -0.127. The Hall–Kier alpha value is -0.370. The van der Waals surface area contributed by atoms with Crippen LogP contribution in [0, 0.1) is 5.92 Å². The molecule has 2 nitrogen and oxygen atoms in total. The van der Waals surface area contributed by atoms with E-state index in [4.69, 9.17) is 11.6 Å². The first-order chi connectivity index (χ1) is 5.20. The van der Waals surface area contributed by atoms with E-state index in [1.165, 1.54) is 0 Å². The maximum Gasteiger partial charge on any atom is 0.222 e. The van der Waals surface area contributed by atoms with Gasteiger partial charge < -0.3 is 0 Å². The Morgan fingerprint density at radius 3 is 2.82 bits per heavy atom. The van der Waals surface area contributed by atoms with Gasteiger partial charge in [0.05, 0.1) is 0 Å². The first-order valence-corrected chi connectivity index (χ1v) is 4.29. The average Bonchev–Trinajstić information content (AvgIpc) is 1.93. The Morgan fingerprint density at radius 1 is 1.55 bits per heavy atom. The van der Waals surface area contributed by atoms with Crippen molar-refractivity contribution in [1.82, 2.24) is 0 Å². The molecule has 1 aliphatic carbocycles. The molecule has 0 spiro atoms. The molecule has 0 N–H and O–H groups in total. The van der Waals surface area contributed by atoms with Crippen molar-refractivity contribution in [2.75, 3.05) is 0 Å². The number of carbonyl (C=O) groups excluding carboxylic acids is 2. The van der Waals surface area contributed by atoms with Crippen LogP contribution in [-0.4, -0.2) is 11.0 Å². The van der Waals surface area contributed by atoms with Gasteiger partial charge in [-0.3, -0.25) is 9.59 Å². The third kappa shape index (κ3) is 2.62. The third-order valence-electron chi connectivity index (χ3n) is 2.09. The molecule has 0 aromatic rings. The lowest BCUT2D eigenvalue weighted by Gasteiger charge is -2.18. The molecule has 3 heteroatoms. The lowest BCUT2D eigenvalue weighted by atomic mass is 9.86. The maximum absolute atomic E-state index is 11.1. The van der Waals surface area contributed by atoms with E-state index in [0.29, 0.717) is 6.42 Å². The monoisotopic (exact) mass is 174 g/mol. The number of Topliss-reactive ketones (excluding diaryl/α,β-unsaturated/α-hetero) is 1. The highest BCUT2D eigenvalue weighted by atomic mass is 35.5. The van der Waals surface area contributed by atoms with Crippen molar-refractivity contribution in [2.24, 2.45) is 5.92 Å². The van der Waals surface area contributed by atoms with Crippen LogP contribution in [0.5, 0.6) is 0 Å². The van der Waals surface area contributed by atoms with Crippen LogP contribution in [0.4, 0.5) is 0 Å². The van der Waals surface area contributed by atoms with Gasteiger partial charge in [-0.05, 0) is 24.4 Å². The van der Waals surface area contributed by atoms with E-state index in [2.05, 4.69) is 0 Å². The van der Waals surface area contributed by atoms with Crippen molar-refractivity contribution in [1.29, 1.82) is 0 Å². The van der Waals surface area contributed by atoms with Crippen molar-refractivity contribution in [3.8, 4) is 0 Å². The number of carbonyl (C=O) groups is 2. The molecule has 0 saturated heterocycles. The van der Waals surface area contributed by atoms with Crippen LogP contribution in [-0.2, 0) is 9.59 Å². The molecule has 0 amide bonds. The summed E-state index contributed by atoms with van der Waals surface area (Å²) in [5, 5.41) is -0.384. The van der Waals surface area contributed by atoms with Crippen LogP contribution >= 0.6 is 11.6 Å². The highest BCUT2D eigenvalue weighted by Crippen LogP contribution is 2.23. The van der Waals surface area contributed by atoms with Gasteiger partial charge in [0, 0.05) is 18.8 Å². The molecule has 1 fully saturated rings. The molecule has 62 valence electrons. The van der Waals surface area contributed by atoms with Crippen LogP contribution in [0.3, 0.4) is 0 Å². The van der Waals surface area contributed by atoms with E-state index in [-0.39, 0.29) is 23.4 Å². The Bertz CT molecular complexity index is 177. The SMILES string of the molecule is O=C(Cl)C[C@@H]1CCCCC1=O. The van der Waals surface area contributed by atoms with Gasteiger partial charge in [-0.15, -0.1) is 0 Å². The topological polar surface area (TPSA) is 34.1 Å². The summed E-state index contributed by atoms with van der Waals surface area (Å²) in [5.41, 5.74) is 0. The fraction of sp³-hybridized carbons (Fsp3) is 0.750. The van der Waals surface area contributed by atoms with Crippen molar-refractivity contribution in [2.45, 2.75) is 32.1 Å². The van der Waals surface area contributed by atoms with Crippen LogP contribution in [0.15, 0.2) is 0 Å². The smallest absolute Gasteiger partial charge is 0.222 e. The minimum Gasteiger partial charge on any atom is -0.299 e. The molecule has 0 aliphatic heterocycles. The van der Waals surface area contributed by atoms with Gasteiger partial charge in [0.15, 0.2) is 0 Å². The molecule has 1 saturated carbocycles. The first-order valence-electron chi connectivity index (χ1n) is 3.91. The molecule has 11 heavy (non-hydrogen) atoms. The molecule has 1 aliphatic rings. The number of halogens is 1. The Labute approximate surface area is 70.9 Å². The molecule has 1 atom stereocenters. The predicted octanol–water partition coefficient (Wildman–Crippen LogP) is 1.90. The number of rotatable bonds is 2. The average molecular weight is 175 g/mol. The van der Waals surface area contributed by atoms with Crippen molar-refractivity contribution < 1.29 is 9.59 Å². The summed E-state index contributed by atoms with van der Waals surface area (Å²) < 4.78 is 0. The second kappa shape index (κ2) is 3.86. The van der Waals surface area contributed by atoms with Crippen molar-refractivity contribution in [3.05, 3.63) is 0 Å². The van der Waals surface area contributed by atoms with Gasteiger partial charge >= 0.3 is 0 Å². The van der Waals surface area contributed by atoms with Gasteiger partial charge in [0.2, 0.25) is 5.24 Å². The Kier molecular flexibility index (Phi) is 3.06. The number of hydrogen-bond donors (Lipinski definition) is 0. The quantitative estimate of drug-likeness (QED) is 0.600. The zero-order valence-electron chi connectivity index (χ0n) is 6.31. The second-order valence-corrected chi connectivity index (χ2v) is 3.39. The standard InChI is InChI=1S/C8H11ClO2/c9-8(11)5-6-3-1-2-4-7(6)10/h6H,1-5H2/t6-/m0/s1. The number of hydrogen-bond acceptors (Lipinski definition) is 2. The minimum atomic E-state index is -0.384. The van der Waals surface area contributed by atoms with Gasteiger partial charge in [-0.2, -0.15) is 0 Å². The summed E-state index contributed by atoms with van der Waals surface area (Å²) in [7, 11) is 0. The fourth-order valence-corrected chi connectivity index (χ4v) is 1.65. The van der Waals surface area contributed by atoms with Crippen molar-refractivity contribution >= 4 is 22.6 Å². The Morgan fingerprint density at radius 2 is 2.27 bits per heavy atom. The van der Waals surface area contributed by atoms with E-state index in [1.54, 1.807) is 0 Å². The molecule has 0 aromatic heterocycles. The zero-order valence-corrected chi connectivity index (χ0v) is 7.06. The van der Waals surface area contributed by atoms with Crippen LogP contribution < -0.4 is 0 Å². The first kappa shape index (κ1) is 8.72. The molecule has 0 bridgehead atoms. The highest BCUT2D eigenvalue weighted by Gasteiger charge is 2.23. The molecule has 0 radical (unpaired) electrons. The van der Waals surface area contributed by atoms with Crippen molar-refractivity contribution in [3.63, 3.8) is 0 Å². The summed E-state index contributed by atoms with van der Waals surface area (Å²) in [5.74, 6) is 0.138. The molecule has 0 heterocycles. The molecule has 0 aromatic carbocycles. The minimum absolute atomic E-state index is 0.0752. The van der Waals surface area contributed by atoms with Gasteiger partial charge in [-0.1, -0.05) is 6.42 Å². The zero-order chi connectivity index (χ0) is 8.27. The summed E-state index contributed by atoms with van der Waals surface area (Å²) in [4.78, 5) is 21.6. The normalized spacial score (nSPS) is 25.2. The summed E-state index contributed by atoms with van der Waals surface area (Å²) in [6.07, 6.45) is 3.75. The van der Waals surface area contributed by atoms with Crippen LogP contribution in [0.1, 0.15) is 32.1 Å². The van der Waals surface area contributed by atoms with E-state index in [0.717, 1.165) is 19.3 Å². The number of ketones is 1. The van der Waals surface area contributed by atoms with Gasteiger partial charge in [0.25, 0.3) is 0 Å². The van der Waals surface area contributed by atoms with Crippen LogP contribution in [0.25, 0.3) is 0 Å². The van der Waals surface area contributed by atoms with Gasteiger partial charge in [-0.25, -0.2) is 0 Å². The predicted molar refractivity (Wildman–Crippen MR) is 42.4 cm³/mol. The van der Waals surface area contributed by atoms with E-state index in [1.807, 2.05) is 0 Å². The fourth-order valence-electron chi connectivity index (χ4n) is 1.46. The second-order valence-electron chi connectivity index (χ2n) is 2.97. The molecular formula is C8H11ClO2. The summed E-state index contributed by atoms with van der Waals surface area (Å²) in [6.45, 7) is 0. The molecular weight excluding hydrogens is 164 g/mol. The largest absolute Gasteiger partial charge is 0.299 e. The lowest BCUT2D eigenvalue weighted by Crippen LogP contribution is -2.20. The highest BCUT2D eigenvalue weighted by molar-refractivity contribution is 6.63. The summed E-state index contributed by atoms with van der Waals surface area (Å²) in [6, 6.07) is 0. The molecule has 0 unspecified atom stereocenters.